The first kappa shape index (κ1) is 18.6. The first-order valence-electron chi connectivity index (χ1n) is 9.07. The van der Waals surface area contributed by atoms with Crippen molar-refractivity contribution in [3.63, 3.8) is 0 Å². The molecule has 1 unspecified atom stereocenters. The summed E-state index contributed by atoms with van der Waals surface area (Å²) in [6, 6.07) is 13.2. The Morgan fingerprint density at radius 2 is 2.14 bits per heavy atom. The molecule has 0 aliphatic heterocycles. The number of nitrogens with zero attached hydrogens (tertiary/aromatic N) is 3. The number of hydrogen-bond acceptors (Lipinski definition) is 5. The molecule has 0 saturated heterocycles. The van der Waals surface area contributed by atoms with Gasteiger partial charge in [-0.1, -0.05) is 6.07 Å². The molecule has 1 aliphatic carbocycles. The van der Waals surface area contributed by atoms with Crippen LogP contribution >= 0.6 is 0 Å². The number of rotatable bonds is 5. The average Bonchev–Trinajstić information content (AvgIpc) is 3.36. The Morgan fingerprint density at radius 3 is 2.86 bits per heavy atom. The second kappa shape index (κ2) is 7.36. The first-order valence-corrected chi connectivity index (χ1v) is 9.07. The molecule has 2 aromatic carbocycles. The number of benzene rings is 2. The third kappa shape index (κ3) is 3.55. The lowest BCUT2D eigenvalue weighted by Gasteiger charge is -2.17. The van der Waals surface area contributed by atoms with E-state index in [0.717, 1.165) is 35.9 Å². The van der Waals surface area contributed by atoms with Gasteiger partial charge in [0, 0.05) is 28.7 Å². The summed E-state index contributed by atoms with van der Waals surface area (Å²) in [5.74, 6) is 0. The average molecular weight is 392 g/mol. The highest BCUT2D eigenvalue weighted by atomic mass is 19.3. The van der Waals surface area contributed by atoms with Crippen molar-refractivity contribution in [1.82, 2.24) is 9.78 Å². The molecule has 0 spiro atoms. The number of anilines is 2. The molecule has 29 heavy (non-hydrogen) atoms. The monoisotopic (exact) mass is 392 g/mol. The Morgan fingerprint density at radius 1 is 1.31 bits per heavy atom. The Balaban J connectivity index is 1.58. The third-order valence-corrected chi connectivity index (χ3v) is 5.10. The van der Waals surface area contributed by atoms with Crippen molar-refractivity contribution in [2.24, 2.45) is 0 Å². The molecule has 1 aliphatic rings. The summed E-state index contributed by atoms with van der Waals surface area (Å²) < 4.78 is 26.0. The van der Waals surface area contributed by atoms with E-state index < -0.39 is 6.55 Å². The topological polar surface area (TPSA) is 104 Å². The van der Waals surface area contributed by atoms with E-state index in [0.29, 0.717) is 21.5 Å². The fourth-order valence-electron chi connectivity index (χ4n) is 3.63. The van der Waals surface area contributed by atoms with Gasteiger partial charge < -0.3 is 11.1 Å². The van der Waals surface area contributed by atoms with Gasteiger partial charge in [0.25, 0.3) is 0 Å². The van der Waals surface area contributed by atoms with Gasteiger partial charge in [0.05, 0.1) is 29.6 Å². The van der Waals surface area contributed by atoms with Gasteiger partial charge in [0.15, 0.2) is 0 Å². The zero-order valence-corrected chi connectivity index (χ0v) is 15.4. The lowest BCUT2D eigenvalue weighted by Crippen LogP contribution is -2.10. The molecule has 6 nitrogen and oxygen atoms in total. The molecular weight excluding hydrogens is 374 g/mol. The molecule has 4 rings (SSSR count). The Hall–Kier alpha value is -3.73. The standard InChI is InChI=1S/C21H18F2N6/c22-21(23)29-11-14(10-27-29)20(26)17-8-15(3-5-18(17)25)28-19-6-2-13-7-12(9-24)1-4-16(13)19/h1,3-5,7-8,10-11,19,21,26,28H,2,6,25H2. The highest BCUT2D eigenvalue weighted by Gasteiger charge is 2.23. The molecule has 0 fully saturated rings. The van der Waals surface area contributed by atoms with Gasteiger partial charge in [-0.2, -0.15) is 19.1 Å². The summed E-state index contributed by atoms with van der Waals surface area (Å²) in [7, 11) is 0. The van der Waals surface area contributed by atoms with E-state index in [1.165, 1.54) is 6.20 Å². The Kier molecular flexibility index (Phi) is 4.72. The van der Waals surface area contributed by atoms with Crippen LogP contribution in [0.3, 0.4) is 0 Å². The van der Waals surface area contributed by atoms with Crippen LogP contribution in [0.4, 0.5) is 20.2 Å². The largest absolute Gasteiger partial charge is 0.398 e. The molecule has 4 N–H and O–H groups in total. The third-order valence-electron chi connectivity index (χ3n) is 5.10. The summed E-state index contributed by atoms with van der Waals surface area (Å²) in [4.78, 5) is 0. The van der Waals surface area contributed by atoms with Gasteiger partial charge in [-0.3, -0.25) is 5.41 Å². The predicted molar refractivity (Wildman–Crippen MR) is 106 cm³/mol. The molecule has 0 saturated carbocycles. The fraction of sp³-hybridized carbons (Fsp3) is 0.190. The van der Waals surface area contributed by atoms with Gasteiger partial charge in [0.1, 0.15) is 0 Å². The van der Waals surface area contributed by atoms with E-state index in [4.69, 9.17) is 16.4 Å². The van der Waals surface area contributed by atoms with E-state index in [2.05, 4.69) is 16.5 Å². The van der Waals surface area contributed by atoms with Crippen LogP contribution in [-0.4, -0.2) is 15.5 Å². The Bertz CT molecular complexity index is 1130. The van der Waals surface area contributed by atoms with Crippen molar-refractivity contribution in [3.05, 3.63) is 76.6 Å². The quantitative estimate of drug-likeness (QED) is 0.446. The maximum Gasteiger partial charge on any atom is 0.333 e. The van der Waals surface area contributed by atoms with Crippen LogP contribution in [0.2, 0.25) is 0 Å². The summed E-state index contributed by atoms with van der Waals surface area (Å²) in [6.07, 6.45) is 4.14. The van der Waals surface area contributed by atoms with Crippen molar-refractivity contribution >= 4 is 17.1 Å². The number of aromatic nitrogens is 2. The van der Waals surface area contributed by atoms with E-state index in [-0.39, 0.29) is 17.3 Å². The molecule has 1 heterocycles. The number of aryl methyl sites for hydroxylation is 1. The maximum absolute atomic E-state index is 12.8. The van der Waals surface area contributed by atoms with Gasteiger partial charge in [-0.25, -0.2) is 4.68 Å². The number of fused-ring (bicyclic) bond motifs is 1. The maximum atomic E-state index is 12.8. The SMILES string of the molecule is N#Cc1ccc2c(c1)CCC2Nc1ccc(N)c(C(=N)c2cnn(C(F)F)c2)c1. The summed E-state index contributed by atoms with van der Waals surface area (Å²) in [5.41, 5.74) is 10.9. The Labute approximate surface area is 166 Å². The number of alkyl halides is 2. The number of halogens is 2. The molecule has 8 heteroatoms. The van der Waals surface area contributed by atoms with Crippen LogP contribution in [0.15, 0.2) is 48.8 Å². The summed E-state index contributed by atoms with van der Waals surface area (Å²) in [6.45, 7) is -2.76. The first-order chi connectivity index (χ1) is 14.0. The molecular formula is C21H18F2N6. The lowest BCUT2D eigenvalue weighted by atomic mass is 10.0. The minimum absolute atomic E-state index is 0.0311. The van der Waals surface area contributed by atoms with E-state index in [1.807, 2.05) is 24.3 Å². The van der Waals surface area contributed by atoms with Gasteiger partial charge in [-0.05, 0) is 54.3 Å². The summed E-state index contributed by atoms with van der Waals surface area (Å²) in [5, 5.41) is 24.5. The number of hydrogen-bond donors (Lipinski definition) is 3. The zero-order chi connectivity index (χ0) is 20.5. The molecule has 0 radical (unpaired) electrons. The van der Waals surface area contributed by atoms with Gasteiger partial charge >= 0.3 is 6.55 Å². The van der Waals surface area contributed by atoms with Crippen LogP contribution in [-0.2, 0) is 6.42 Å². The molecule has 3 aromatic rings. The predicted octanol–water partition coefficient (Wildman–Crippen LogP) is 4.25. The van der Waals surface area contributed by atoms with E-state index in [9.17, 15) is 8.78 Å². The highest BCUT2D eigenvalue weighted by molar-refractivity contribution is 6.14. The minimum atomic E-state index is -2.76. The van der Waals surface area contributed by atoms with Crippen molar-refractivity contribution in [2.45, 2.75) is 25.4 Å². The number of nitrogens with two attached hydrogens (primary N) is 1. The fourth-order valence-corrected chi connectivity index (χ4v) is 3.63. The van der Waals surface area contributed by atoms with Crippen molar-refractivity contribution < 1.29 is 8.78 Å². The van der Waals surface area contributed by atoms with Crippen LogP contribution in [0.25, 0.3) is 0 Å². The highest BCUT2D eigenvalue weighted by Crippen LogP contribution is 2.35. The van der Waals surface area contributed by atoms with Crippen LogP contribution in [0.5, 0.6) is 0 Å². The number of nitriles is 1. The number of nitrogens with one attached hydrogen (secondary N) is 2. The molecule has 1 aromatic heterocycles. The van der Waals surface area contributed by atoms with Crippen LogP contribution in [0, 0.1) is 16.7 Å². The smallest absolute Gasteiger partial charge is 0.333 e. The van der Waals surface area contributed by atoms with Gasteiger partial charge in [0.2, 0.25) is 0 Å². The zero-order valence-electron chi connectivity index (χ0n) is 15.4. The molecule has 0 amide bonds. The van der Waals surface area contributed by atoms with Crippen LogP contribution in [0.1, 0.15) is 46.8 Å². The van der Waals surface area contributed by atoms with Crippen molar-refractivity contribution in [2.75, 3.05) is 11.1 Å². The summed E-state index contributed by atoms with van der Waals surface area (Å²) >= 11 is 0. The minimum Gasteiger partial charge on any atom is -0.398 e. The second-order valence-corrected chi connectivity index (χ2v) is 6.92. The molecule has 146 valence electrons. The van der Waals surface area contributed by atoms with Crippen molar-refractivity contribution in [3.8, 4) is 6.07 Å². The van der Waals surface area contributed by atoms with Crippen LogP contribution < -0.4 is 11.1 Å². The van der Waals surface area contributed by atoms with Gasteiger partial charge in [-0.15, -0.1) is 0 Å². The van der Waals surface area contributed by atoms with Crippen molar-refractivity contribution in [1.29, 1.82) is 10.7 Å². The number of nitrogen functional groups attached to an aromatic ring is 1. The molecule has 1 atom stereocenters. The normalized spacial score (nSPS) is 15.2. The second-order valence-electron chi connectivity index (χ2n) is 6.92. The van der Waals surface area contributed by atoms with E-state index >= 15 is 0 Å². The molecule has 0 bridgehead atoms. The lowest BCUT2D eigenvalue weighted by molar-refractivity contribution is 0.0566. The van der Waals surface area contributed by atoms with E-state index in [1.54, 1.807) is 12.1 Å².